The Balaban J connectivity index is 2.03. The van der Waals surface area contributed by atoms with Gasteiger partial charge >= 0.3 is 0 Å². The first kappa shape index (κ1) is 19.1. The zero-order valence-corrected chi connectivity index (χ0v) is 16.5. The van der Waals surface area contributed by atoms with Crippen LogP contribution in [-0.4, -0.2) is 23.1 Å². The van der Waals surface area contributed by atoms with Crippen LogP contribution in [0.5, 0.6) is 5.75 Å². The fraction of sp³-hybridized carbons (Fsp3) is 0.304. The number of fused-ring (bicyclic) bond motifs is 1. The Bertz CT molecular complexity index is 970. The van der Waals surface area contributed by atoms with E-state index in [-0.39, 0.29) is 5.75 Å². The maximum absolute atomic E-state index is 10.6. The molecule has 1 N–H and O–H groups in total. The molecule has 0 unspecified atom stereocenters. The van der Waals surface area contributed by atoms with Crippen molar-refractivity contribution in [1.82, 2.24) is 4.90 Å². The second-order valence-electron chi connectivity index (χ2n) is 6.83. The van der Waals surface area contributed by atoms with E-state index in [1.165, 1.54) is 5.56 Å². The fourth-order valence-electron chi connectivity index (χ4n) is 3.33. The molecule has 0 saturated carbocycles. The molecule has 0 radical (unpaired) electrons. The van der Waals surface area contributed by atoms with Crippen molar-refractivity contribution in [3.8, 4) is 5.75 Å². The highest BCUT2D eigenvalue weighted by Crippen LogP contribution is 2.38. The molecule has 0 spiro atoms. The van der Waals surface area contributed by atoms with E-state index in [2.05, 4.69) is 47.2 Å². The average Bonchev–Trinajstić information content (AvgIpc) is 2.69. The Kier molecular flexibility index (Phi) is 5.87. The van der Waals surface area contributed by atoms with E-state index in [0.29, 0.717) is 5.69 Å². The van der Waals surface area contributed by atoms with Gasteiger partial charge in [-0.15, -0.1) is 10.2 Å². The fourth-order valence-corrected chi connectivity index (χ4v) is 3.33. The molecule has 27 heavy (non-hydrogen) atoms. The van der Waals surface area contributed by atoms with Crippen LogP contribution in [-0.2, 0) is 6.54 Å². The standard InChI is InChI=1S/C23H27N3O/c1-5-26(6-2)15-19-14-16(3)23(27)22(17(19)4)25-24-21-13-9-11-18-10-7-8-12-20(18)21/h7-14,27H,5-6,15H2,1-4H3. The van der Waals surface area contributed by atoms with Crippen molar-refractivity contribution in [1.29, 1.82) is 0 Å². The second-order valence-corrected chi connectivity index (χ2v) is 6.83. The predicted molar refractivity (Wildman–Crippen MR) is 112 cm³/mol. The maximum Gasteiger partial charge on any atom is 0.146 e. The molecule has 0 aliphatic heterocycles. The molecule has 0 fully saturated rings. The third kappa shape index (κ3) is 4.01. The predicted octanol–water partition coefficient (Wildman–Crippen LogP) is 6.42. The molecule has 0 bridgehead atoms. The summed E-state index contributed by atoms with van der Waals surface area (Å²) in [6.07, 6.45) is 0. The third-order valence-corrected chi connectivity index (χ3v) is 5.14. The molecular weight excluding hydrogens is 334 g/mol. The van der Waals surface area contributed by atoms with Crippen LogP contribution in [0.15, 0.2) is 58.8 Å². The van der Waals surface area contributed by atoms with Gasteiger partial charge in [0.15, 0.2) is 0 Å². The lowest BCUT2D eigenvalue weighted by molar-refractivity contribution is 0.295. The van der Waals surface area contributed by atoms with Gasteiger partial charge < -0.3 is 5.11 Å². The first-order valence-corrected chi connectivity index (χ1v) is 9.49. The summed E-state index contributed by atoms with van der Waals surface area (Å²) >= 11 is 0. The van der Waals surface area contributed by atoms with E-state index in [1.54, 1.807) is 0 Å². The summed E-state index contributed by atoms with van der Waals surface area (Å²) in [5.41, 5.74) is 4.35. The summed E-state index contributed by atoms with van der Waals surface area (Å²) in [4.78, 5) is 2.35. The smallest absolute Gasteiger partial charge is 0.146 e. The topological polar surface area (TPSA) is 48.2 Å². The van der Waals surface area contributed by atoms with Crippen LogP contribution >= 0.6 is 0 Å². The van der Waals surface area contributed by atoms with E-state index in [0.717, 1.165) is 47.2 Å². The summed E-state index contributed by atoms with van der Waals surface area (Å²) in [6, 6.07) is 16.2. The Morgan fingerprint density at radius 2 is 1.63 bits per heavy atom. The van der Waals surface area contributed by atoms with Crippen molar-refractivity contribution in [3.05, 3.63) is 65.2 Å². The minimum absolute atomic E-state index is 0.208. The number of aryl methyl sites for hydroxylation is 1. The van der Waals surface area contributed by atoms with E-state index in [9.17, 15) is 5.11 Å². The van der Waals surface area contributed by atoms with Crippen LogP contribution in [0.1, 0.15) is 30.5 Å². The summed E-state index contributed by atoms with van der Waals surface area (Å²) in [5, 5.41) is 21.7. The molecule has 0 atom stereocenters. The van der Waals surface area contributed by atoms with Gasteiger partial charge in [0.05, 0.1) is 5.69 Å². The molecule has 0 heterocycles. The molecule has 140 valence electrons. The number of azo groups is 1. The van der Waals surface area contributed by atoms with Crippen LogP contribution < -0.4 is 0 Å². The lowest BCUT2D eigenvalue weighted by Gasteiger charge is -2.21. The summed E-state index contributed by atoms with van der Waals surface area (Å²) in [7, 11) is 0. The molecule has 0 aliphatic rings. The quantitative estimate of drug-likeness (QED) is 0.515. The first-order chi connectivity index (χ1) is 13.0. The summed E-state index contributed by atoms with van der Waals surface area (Å²) < 4.78 is 0. The molecule has 3 aromatic rings. The van der Waals surface area contributed by atoms with Crippen molar-refractivity contribution in [3.63, 3.8) is 0 Å². The van der Waals surface area contributed by atoms with Gasteiger partial charge in [-0.2, -0.15) is 0 Å². The molecule has 0 aliphatic carbocycles. The van der Waals surface area contributed by atoms with Gasteiger partial charge in [0.25, 0.3) is 0 Å². The van der Waals surface area contributed by atoms with Gasteiger partial charge in [0, 0.05) is 11.9 Å². The number of hydrogen-bond acceptors (Lipinski definition) is 4. The molecule has 4 heteroatoms. The lowest BCUT2D eigenvalue weighted by atomic mass is 10.0. The zero-order chi connectivity index (χ0) is 19.4. The minimum Gasteiger partial charge on any atom is -0.505 e. The summed E-state index contributed by atoms with van der Waals surface area (Å²) in [5.74, 6) is 0.208. The van der Waals surface area contributed by atoms with Crippen molar-refractivity contribution in [2.24, 2.45) is 10.2 Å². The number of phenols is 1. The van der Waals surface area contributed by atoms with Crippen LogP contribution in [0.3, 0.4) is 0 Å². The highest BCUT2D eigenvalue weighted by molar-refractivity contribution is 5.92. The second kappa shape index (κ2) is 8.31. The summed E-state index contributed by atoms with van der Waals surface area (Å²) in [6.45, 7) is 11.1. The minimum atomic E-state index is 0.208. The van der Waals surface area contributed by atoms with E-state index in [1.807, 2.05) is 44.2 Å². The molecule has 3 rings (SSSR count). The highest BCUT2D eigenvalue weighted by Gasteiger charge is 2.14. The van der Waals surface area contributed by atoms with Crippen LogP contribution in [0.25, 0.3) is 10.8 Å². The SMILES string of the molecule is CCN(CC)Cc1cc(C)c(O)c(N=Nc2cccc3ccccc23)c1C. The number of aromatic hydroxyl groups is 1. The van der Waals surface area contributed by atoms with Gasteiger partial charge in [-0.1, -0.05) is 56.3 Å². The van der Waals surface area contributed by atoms with E-state index in [4.69, 9.17) is 0 Å². The van der Waals surface area contributed by atoms with Gasteiger partial charge in [-0.25, -0.2) is 0 Å². The van der Waals surface area contributed by atoms with Gasteiger partial charge in [-0.05, 0) is 55.1 Å². The van der Waals surface area contributed by atoms with Crippen molar-refractivity contribution >= 4 is 22.1 Å². The number of nitrogens with zero attached hydrogens (tertiary/aromatic N) is 3. The zero-order valence-electron chi connectivity index (χ0n) is 16.5. The number of hydrogen-bond donors (Lipinski definition) is 1. The number of phenolic OH excluding ortho intramolecular Hbond substituents is 1. The molecule has 0 saturated heterocycles. The maximum atomic E-state index is 10.6. The number of rotatable bonds is 6. The van der Waals surface area contributed by atoms with Crippen LogP contribution in [0.2, 0.25) is 0 Å². The molecule has 0 amide bonds. The third-order valence-electron chi connectivity index (χ3n) is 5.14. The average molecular weight is 361 g/mol. The lowest BCUT2D eigenvalue weighted by Crippen LogP contribution is -2.22. The van der Waals surface area contributed by atoms with Crippen molar-refractivity contribution < 1.29 is 5.11 Å². The Morgan fingerprint density at radius 1 is 0.926 bits per heavy atom. The van der Waals surface area contributed by atoms with Gasteiger partial charge in [-0.3, -0.25) is 4.90 Å². The van der Waals surface area contributed by atoms with Crippen molar-refractivity contribution in [2.45, 2.75) is 34.2 Å². The molecule has 3 aromatic carbocycles. The Labute approximate surface area is 161 Å². The first-order valence-electron chi connectivity index (χ1n) is 9.49. The van der Waals surface area contributed by atoms with E-state index >= 15 is 0 Å². The molecular formula is C23H27N3O. The number of benzene rings is 3. The normalized spacial score (nSPS) is 11.7. The molecule has 4 nitrogen and oxygen atoms in total. The Hall–Kier alpha value is -2.72. The highest BCUT2D eigenvalue weighted by atomic mass is 16.3. The Morgan fingerprint density at radius 3 is 2.37 bits per heavy atom. The van der Waals surface area contributed by atoms with Crippen molar-refractivity contribution in [2.75, 3.05) is 13.1 Å². The van der Waals surface area contributed by atoms with Gasteiger partial charge in [0.1, 0.15) is 11.4 Å². The van der Waals surface area contributed by atoms with Crippen LogP contribution in [0.4, 0.5) is 11.4 Å². The van der Waals surface area contributed by atoms with Crippen LogP contribution in [0, 0.1) is 13.8 Å². The van der Waals surface area contributed by atoms with E-state index < -0.39 is 0 Å². The molecule has 0 aromatic heterocycles. The largest absolute Gasteiger partial charge is 0.505 e. The van der Waals surface area contributed by atoms with Gasteiger partial charge in [0.2, 0.25) is 0 Å². The monoisotopic (exact) mass is 361 g/mol.